The summed E-state index contributed by atoms with van der Waals surface area (Å²) < 4.78 is 16.3. The zero-order valence-electron chi connectivity index (χ0n) is 16.5. The van der Waals surface area contributed by atoms with Crippen LogP contribution in [0.4, 0.5) is 0 Å². The van der Waals surface area contributed by atoms with Gasteiger partial charge in [0.1, 0.15) is 16.5 Å². The highest BCUT2D eigenvalue weighted by molar-refractivity contribution is 7.10. The van der Waals surface area contributed by atoms with Crippen molar-refractivity contribution in [3.63, 3.8) is 0 Å². The highest BCUT2D eigenvalue weighted by Gasteiger charge is 2.12. The molecule has 0 N–H and O–H groups in total. The van der Waals surface area contributed by atoms with Gasteiger partial charge < -0.3 is 14.0 Å². The van der Waals surface area contributed by atoms with Crippen LogP contribution < -0.4 is 9.47 Å². The molecule has 4 rings (SSSR count). The van der Waals surface area contributed by atoms with Gasteiger partial charge in [0.05, 0.1) is 25.3 Å². The van der Waals surface area contributed by atoms with E-state index in [1.54, 1.807) is 18.4 Å². The molecule has 0 unspecified atom stereocenters. The van der Waals surface area contributed by atoms with E-state index in [0.29, 0.717) is 18.1 Å². The molecule has 6 nitrogen and oxygen atoms in total. The third-order valence-electron chi connectivity index (χ3n) is 4.19. The predicted octanol–water partition coefficient (Wildman–Crippen LogP) is 5.25. The van der Waals surface area contributed by atoms with E-state index in [1.165, 1.54) is 0 Å². The average molecular weight is 407 g/mol. The molecule has 0 spiro atoms. The van der Waals surface area contributed by atoms with Gasteiger partial charge in [0.2, 0.25) is 11.7 Å². The average Bonchev–Trinajstić information content (AvgIpc) is 3.38. The molecule has 0 bridgehead atoms. The van der Waals surface area contributed by atoms with Crippen molar-refractivity contribution in [3.8, 4) is 34.1 Å². The fourth-order valence-corrected chi connectivity index (χ4v) is 3.61. The molecular weight excluding hydrogens is 386 g/mol. The second-order valence-electron chi connectivity index (χ2n) is 6.73. The van der Waals surface area contributed by atoms with Crippen molar-refractivity contribution in [2.45, 2.75) is 26.4 Å². The van der Waals surface area contributed by atoms with E-state index in [0.717, 1.165) is 33.3 Å². The Bertz CT molecular complexity index is 1070. The summed E-state index contributed by atoms with van der Waals surface area (Å²) >= 11 is 1.58. The van der Waals surface area contributed by atoms with Gasteiger partial charge in [-0.2, -0.15) is 4.98 Å². The molecule has 0 aliphatic heterocycles. The fraction of sp³-hybridized carbons (Fsp3) is 0.227. The second-order valence-corrected chi connectivity index (χ2v) is 7.68. The molecule has 29 heavy (non-hydrogen) atoms. The van der Waals surface area contributed by atoms with E-state index >= 15 is 0 Å². The minimum absolute atomic E-state index is 0.138. The Hall–Kier alpha value is -3.19. The molecule has 0 atom stereocenters. The van der Waals surface area contributed by atoms with Crippen LogP contribution in [0.2, 0.25) is 0 Å². The van der Waals surface area contributed by atoms with Crippen molar-refractivity contribution in [2.24, 2.45) is 0 Å². The predicted molar refractivity (Wildman–Crippen MR) is 112 cm³/mol. The summed E-state index contributed by atoms with van der Waals surface area (Å²) in [5.74, 6) is 2.74. The van der Waals surface area contributed by atoms with E-state index in [9.17, 15) is 0 Å². The van der Waals surface area contributed by atoms with Crippen molar-refractivity contribution in [2.75, 3.05) is 7.11 Å². The number of hydrogen-bond donors (Lipinski definition) is 0. The van der Waals surface area contributed by atoms with Crippen molar-refractivity contribution in [1.29, 1.82) is 0 Å². The molecule has 0 amide bonds. The Morgan fingerprint density at radius 1 is 0.931 bits per heavy atom. The topological polar surface area (TPSA) is 70.3 Å². The molecule has 2 aromatic carbocycles. The van der Waals surface area contributed by atoms with Crippen molar-refractivity contribution in [3.05, 3.63) is 64.8 Å². The van der Waals surface area contributed by atoms with Crippen LogP contribution in [-0.2, 0) is 6.42 Å². The smallest absolute Gasteiger partial charge is 0.233 e. The summed E-state index contributed by atoms with van der Waals surface area (Å²) in [5.41, 5.74) is 2.85. The number of benzene rings is 2. The van der Waals surface area contributed by atoms with E-state index in [1.807, 2.05) is 67.8 Å². The van der Waals surface area contributed by atoms with E-state index < -0.39 is 0 Å². The first-order valence-electron chi connectivity index (χ1n) is 9.29. The molecule has 7 heteroatoms. The van der Waals surface area contributed by atoms with Gasteiger partial charge in [-0.25, -0.2) is 4.98 Å². The highest BCUT2D eigenvalue weighted by Crippen LogP contribution is 2.26. The minimum atomic E-state index is 0.138. The van der Waals surface area contributed by atoms with Crippen LogP contribution in [0.5, 0.6) is 11.5 Å². The first-order valence-corrected chi connectivity index (χ1v) is 10.2. The van der Waals surface area contributed by atoms with Crippen LogP contribution in [0.1, 0.15) is 24.7 Å². The van der Waals surface area contributed by atoms with Crippen LogP contribution in [-0.4, -0.2) is 28.3 Å². The summed E-state index contributed by atoms with van der Waals surface area (Å²) in [4.78, 5) is 9.19. The van der Waals surface area contributed by atoms with Gasteiger partial charge >= 0.3 is 0 Å². The molecule has 0 radical (unpaired) electrons. The SMILES string of the molecule is COc1ccc(-c2csc(Cc3nc(-c4ccc(OC(C)C)cc4)no3)n2)cc1. The number of rotatable bonds is 7. The molecular formula is C22H21N3O3S. The number of hydrogen-bond acceptors (Lipinski definition) is 7. The lowest BCUT2D eigenvalue weighted by Gasteiger charge is -2.09. The Balaban J connectivity index is 1.44. The van der Waals surface area contributed by atoms with Crippen LogP contribution >= 0.6 is 11.3 Å². The molecule has 0 aliphatic rings. The monoisotopic (exact) mass is 407 g/mol. The lowest BCUT2D eigenvalue weighted by Crippen LogP contribution is -2.05. The first-order chi connectivity index (χ1) is 14.1. The van der Waals surface area contributed by atoms with Gasteiger partial charge in [-0.3, -0.25) is 0 Å². The fourth-order valence-electron chi connectivity index (χ4n) is 2.81. The van der Waals surface area contributed by atoms with E-state index in [4.69, 9.17) is 14.0 Å². The third kappa shape index (κ3) is 4.63. The van der Waals surface area contributed by atoms with Crippen molar-refractivity contribution in [1.82, 2.24) is 15.1 Å². The zero-order valence-corrected chi connectivity index (χ0v) is 17.3. The third-order valence-corrected chi connectivity index (χ3v) is 5.04. The lowest BCUT2D eigenvalue weighted by molar-refractivity contribution is 0.242. The Kier molecular flexibility index (Phi) is 5.57. The van der Waals surface area contributed by atoms with Gasteiger partial charge in [-0.1, -0.05) is 5.16 Å². The van der Waals surface area contributed by atoms with Gasteiger partial charge in [-0.15, -0.1) is 11.3 Å². The van der Waals surface area contributed by atoms with Crippen LogP contribution in [0.25, 0.3) is 22.6 Å². The van der Waals surface area contributed by atoms with Crippen LogP contribution in [0.3, 0.4) is 0 Å². The maximum absolute atomic E-state index is 5.66. The number of ether oxygens (including phenoxy) is 2. The number of thiazole rings is 1. The van der Waals surface area contributed by atoms with Crippen molar-refractivity contribution < 1.29 is 14.0 Å². The summed E-state index contributed by atoms with van der Waals surface area (Å²) in [7, 11) is 1.66. The molecule has 0 aliphatic carbocycles. The van der Waals surface area contributed by atoms with E-state index in [2.05, 4.69) is 15.1 Å². The number of nitrogens with zero attached hydrogens (tertiary/aromatic N) is 3. The van der Waals surface area contributed by atoms with Gasteiger partial charge in [0.15, 0.2) is 0 Å². The Labute approximate surface area is 173 Å². The van der Waals surface area contributed by atoms with Gasteiger partial charge in [-0.05, 0) is 62.4 Å². The Morgan fingerprint density at radius 3 is 2.31 bits per heavy atom. The molecule has 148 valence electrons. The first kappa shape index (κ1) is 19.1. The minimum Gasteiger partial charge on any atom is -0.497 e. The quantitative estimate of drug-likeness (QED) is 0.417. The van der Waals surface area contributed by atoms with Crippen LogP contribution in [0.15, 0.2) is 58.4 Å². The molecule has 0 saturated carbocycles. The summed E-state index contributed by atoms with van der Waals surface area (Å²) in [6.07, 6.45) is 0.640. The maximum Gasteiger partial charge on any atom is 0.233 e. The standard InChI is InChI=1S/C22H21N3O3S/c1-14(2)27-18-10-6-16(7-11-18)22-24-20(28-25-22)12-21-23-19(13-29-21)15-4-8-17(26-3)9-5-15/h4-11,13-14H,12H2,1-3H3. The maximum atomic E-state index is 5.66. The Morgan fingerprint density at radius 2 is 1.62 bits per heavy atom. The molecule has 0 saturated heterocycles. The zero-order chi connectivity index (χ0) is 20.2. The van der Waals surface area contributed by atoms with Gasteiger partial charge in [0.25, 0.3) is 0 Å². The molecule has 0 fully saturated rings. The molecule has 4 aromatic rings. The largest absolute Gasteiger partial charge is 0.497 e. The molecule has 2 heterocycles. The van der Waals surface area contributed by atoms with Gasteiger partial charge in [0, 0.05) is 16.5 Å². The van der Waals surface area contributed by atoms with Crippen molar-refractivity contribution >= 4 is 11.3 Å². The lowest BCUT2D eigenvalue weighted by atomic mass is 10.2. The summed E-state index contributed by atoms with van der Waals surface area (Å²) in [6.45, 7) is 4.00. The number of methoxy groups -OCH3 is 1. The highest BCUT2D eigenvalue weighted by atomic mass is 32.1. The summed E-state index contributed by atoms with van der Waals surface area (Å²) in [6, 6.07) is 15.5. The second kappa shape index (κ2) is 8.45. The van der Waals surface area contributed by atoms with Crippen LogP contribution in [0, 0.1) is 0 Å². The van der Waals surface area contributed by atoms with E-state index in [-0.39, 0.29) is 6.10 Å². The molecule has 2 aromatic heterocycles. The number of aromatic nitrogens is 3. The normalized spacial score (nSPS) is 11.0. The summed E-state index contributed by atoms with van der Waals surface area (Å²) in [5, 5.41) is 7.05.